The highest BCUT2D eigenvalue weighted by atomic mass is 35.5. The molecule has 0 fully saturated rings. The molecule has 0 aliphatic heterocycles. The maximum Gasteiger partial charge on any atom is 0.272 e. The fraction of sp³-hybridized carbons (Fsp3) is 0.238. The van der Waals surface area contributed by atoms with E-state index in [1.807, 2.05) is 6.92 Å². The minimum Gasteiger partial charge on any atom is -0.504 e. The lowest BCUT2D eigenvalue weighted by atomic mass is 10.2. The topological polar surface area (TPSA) is 128 Å². The van der Waals surface area contributed by atoms with E-state index in [1.54, 1.807) is 24.3 Å². The molecule has 0 unspecified atom stereocenters. The Labute approximate surface area is 184 Å². The number of fused-ring (bicyclic) bond motifs is 1. The van der Waals surface area contributed by atoms with Crippen LogP contribution in [0.2, 0.25) is 5.02 Å². The van der Waals surface area contributed by atoms with Crippen LogP contribution in [0.3, 0.4) is 0 Å². The standard InChI is InChI=1S/C21H22ClN3O5S/c1-3-5-19(26)24-16-10-14(31(29,30)4-2)11-17(20(16)27)25-21(28)18-9-12-8-13(22)6-7-15(12)23-18/h6-11,23,27H,3-5H2,1-2H3,(H,24,26)(H,25,28). The van der Waals surface area contributed by atoms with E-state index in [0.29, 0.717) is 17.0 Å². The van der Waals surface area contributed by atoms with Crippen LogP contribution in [0.5, 0.6) is 5.75 Å². The minimum atomic E-state index is -3.67. The maximum absolute atomic E-state index is 12.8. The maximum atomic E-state index is 12.8. The van der Waals surface area contributed by atoms with Gasteiger partial charge in [-0.1, -0.05) is 25.4 Å². The van der Waals surface area contributed by atoms with Crippen molar-refractivity contribution in [3.8, 4) is 5.75 Å². The molecule has 1 heterocycles. The zero-order valence-corrected chi connectivity index (χ0v) is 18.5. The zero-order chi connectivity index (χ0) is 22.8. The summed E-state index contributed by atoms with van der Waals surface area (Å²) in [5.74, 6) is -1.60. The molecule has 0 spiro atoms. The number of nitrogens with one attached hydrogen (secondary N) is 3. The fourth-order valence-electron chi connectivity index (χ4n) is 3.00. The van der Waals surface area contributed by atoms with Crippen LogP contribution in [0.4, 0.5) is 11.4 Å². The molecule has 164 valence electrons. The fourth-order valence-corrected chi connectivity index (χ4v) is 4.11. The van der Waals surface area contributed by atoms with Crippen molar-refractivity contribution in [2.75, 3.05) is 16.4 Å². The predicted molar refractivity (Wildman–Crippen MR) is 121 cm³/mol. The third-order valence-electron chi connectivity index (χ3n) is 4.65. The number of aromatic nitrogens is 1. The van der Waals surface area contributed by atoms with Gasteiger partial charge in [0.1, 0.15) is 5.69 Å². The van der Waals surface area contributed by atoms with Gasteiger partial charge in [-0.2, -0.15) is 0 Å². The Kier molecular flexibility index (Phi) is 6.56. The monoisotopic (exact) mass is 463 g/mol. The van der Waals surface area contributed by atoms with Gasteiger partial charge in [0, 0.05) is 22.3 Å². The van der Waals surface area contributed by atoms with E-state index in [-0.39, 0.29) is 40.0 Å². The molecule has 0 saturated carbocycles. The number of anilines is 2. The first-order valence-corrected chi connectivity index (χ1v) is 11.7. The van der Waals surface area contributed by atoms with Crippen LogP contribution in [0.25, 0.3) is 10.9 Å². The summed E-state index contributed by atoms with van der Waals surface area (Å²) in [6, 6.07) is 9.03. The first kappa shape index (κ1) is 22.6. The van der Waals surface area contributed by atoms with Crippen molar-refractivity contribution in [1.82, 2.24) is 4.98 Å². The molecule has 0 radical (unpaired) electrons. The van der Waals surface area contributed by atoms with Crippen LogP contribution < -0.4 is 10.6 Å². The molecule has 3 aromatic rings. The Bertz CT molecular complexity index is 1270. The average Bonchev–Trinajstić information content (AvgIpc) is 3.14. The summed E-state index contributed by atoms with van der Waals surface area (Å²) >= 11 is 5.97. The third-order valence-corrected chi connectivity index (χ3v) is 6.60. The number of H-pyrrole nitrogens is 1. The normalized spacial score (nSPS) is 11.5. The smallest absolute Gasteiger partial charge is 0.272 e. The summed E-state index contributed by atoms with van der Waals surface area (Å²) in [7, 11) is -3.67. The van der Waals surface area contributed by atoms with Gasteiger partial charge in [0.15, 0.2) is 15.6 Å². The second-order valence-electron chi connectivity index (χ2n) is 6.94. The van der Waals surface area contributed by atoms with Gasteiger partial charge in [-0.3, -0.25) is 9.59 Å². The number of carbonyl (C=O) groups excluding carboxylic acids is 2. The first-order chi connectivity index (χ1) is 14.6. The molecule has 0 aliphatic rings. The second-order valence-corrected chi connectivity index (χ2v) is 9.65. The van der Waals surface area contributed by atoms with Gasteiger partial charge in [0.2, 0.25) is 5.91 Å². The number of aromatic amines is 1. The number of amides is 2. The van der Waals surface area contributed by atoms with Gasteiger partial charge in [-0.25, -0.2) is 8.42 Å². The highest BCUT2D eigenvalue weighted by Crippen LogP contribution is 2.36. The Balaban J connectivity index is 2.00. The highest BCUT2D eigenvalue weighted by molar-refractivity contribution is 7.91. The summed E-state index contributed by atoms with van der Waals surface area (Å²) in [5, 5.41) is 16.8. The molecule has 2 amide bonds. The first-order valence-electron chi connectivity index (χ1n) is 9.63. The molecule has 0 saturated heterocycles. The number of aromatic hydroxyl groups is 1. The number of phenolic OH excluding ortho intramolecular Hbond substituents is 1. The number of rotatable bonds is 7. The van der Waals surface area contributed by atoms with E-state index in [4.69, 9.17) is 11.6 Å². The Hall–Kier alpha value is -3.04. The zero-order valence-electron chi connectivity index (χ0n) is 17.0. The molecule has 8 nitrogen and oxygen atoms in total. The lowest BCUT2D eigenvalue weighted by Crippen LogP contribution is -2.16. The van der Waals surface area contributed by atoms with E-state index < -0.39 is 21.5 Å². The van der Waals surface area contributed by atoms with Crippen molar-refractivity contribution in [3.05, 3.63) is 47.1 Å². The van der Waals surface area contributed by atoms with Crippen molar-refractivity contribution in [2.45, 2.75) is 31.6 Å². The average molecular weight is 464 g/mol. The van der Waals surface area contributed by atoms with Crippen molar-refractivity contribution >= 4 is 55.5 Å². The van der Waals surface area contributed by atoms with Crippen LogP contribution in [0.15, 0.2) is 41.3 Å². The molecule has 4 N–H and O–H groups in total. The number of hydrogen-bond acceptors (Lipinski definition) is 5. The number of hydrogen-bond donors (Lipinski definition) is 4. The van der Waals surface area contributed by atoms with E-state index in [0.717, 1.165) is 5.39 Å². The van der Waals surface area contributed by atoms with Crippen LogP contribution in [0, 0.1) is 0 Å². The van der Waals surface area contributed by atoms with Crippen molar-refractivity contribution in [3.63, 3.8) is 0 Å². The molecular weight excluding hydrogens is 442 g/mol. The van der Waals surface area contributed by atoms with Crippen LogP contribution >= 0.6 is 11.6 Å². The summed E-state index contributed by atoms with van der Waals surface area (Å²) in [6.45, 7) is 3.29. The van der Waals surface area contributed by atoms with Crippen molar-refractivity contribution in [2.24, 2.45) is 0 Å². The second kappa shape index (κ2) is 8.99. The Morgan fingerprint density at radius 1 is 1.06 bits per heavy atom. The molecule has 31 heavy (non-hydrogen) atoms. The summed E-state index contributed by atoms with van der Waals surface area (Å²) < 4.78 is 24.8. The van der Waals surface area contributed by atoms with Gasteiger partial charge < -0.3 is 20.7 Å². The van der Waals surface area contributed by atoms with Crippen LogP contribution in [0.1, 0.15) is 37.2 Å². The van der Waals surface area contributed by atoms with E-state index in [9.17, 15) is 23.1 Å². The quantitative estimate of drug-likeness (QED) is 0.388. The molecule has 10 heteroatoms. The molecular formula is C21H22ClN3O5S. The molecule has 0 atom stereocenters. The highest BCUT2D eigenvalue weighted by Gasteiger charge is 2.21. The van der Waals surface area contributed by atoms with Gasteiger partial charge in [0.25, 0.3) is 5.91 Å². The van der Waals surface area contributed by atoms with Gasteiger partial charge in [0.05, 0.1) is 22.0 Å². The molecule has 0 aliphatic carbocycles. The molecule has 1 aromatic heterocycles. The molecule has 0 bridgehead atoms. The number of sulfone groups is 1. The van der Waals surface area contributed by atoms with Gasteiger partial charge >= 0.3 is 0 Å². The molecule has 3 rings (SSSR count). The van der Waals surface area contributed by atoms with Crippen LogP contribution in [-0.2, 0) is 14.6 Å². The lowest BCUT2D eigenvalue weighted by molar-refractivity contribution is -0.116. The van der Waals surface area contributed by atoms with E-state index in [1.165, 1.54) is 19.1 Å². The van der Waals surface area contributed by atoms with E-state index in [2.05, 4.69) is 15.6 Å². The van der Waals surface area contributed by atoms with Crippen LogP contribution in [-0.4, -0.2) is 36.1 Å². The summed E-state index contributed by atoms with van der Waals surface area (Å²) in [4.78, 5) is 27.6. The van der Waals surface area contributed by atoms with E-state index >= 15 is 0 Å². The largest absolute Gasteiger partial charge is 0.504 e. The minimum absolute atomic E-state index is 0.0910. The number of phenols is 1. The third kappa shape index (κ3) is 5.00. The SMILES string of the molecule is CCCC(=O)Nc1cc(S(=O)(=O)CC)cc(NC(=O)c2cc3cc(Cl)ccc3[nH]2)c1O. The number of halogens is 1. The summed E-state index contributed by atoms with van der Waals surface area (Å²) in [5.41, 5.74) is 0.653. The Morgan fingerprint density at radius 3 is 2.39 bits per heavy atom. The van der Waals surface area contributed by atoms with Crippen molar-refractivity contribution in [1.29, 1.82) is 0 Å². The lowest BCUT2D eigenvalue weighted by Gasteiger charge is -2.14. The number of benzene rings is 2. The molecule has 2 aromatic carbocycles. The Morgan fingerprint density at radius 2 is 1.74 bits per heavy atom. The predicted octanol–water partition coefficient (Wildman–Crippen LogP) is 4.31. The van der Waals surface area contributed by atoms with Gasteiger partial charge in [-0.15, -0.1) is 0 Å². The van der Waals surface area contributed by atoms with Crippen molar-refractivity contribution < 1.29 is 23.1 Å². The number of carbonyl (C=O) groups is 2. The summed E-state index contributed by atoms with van der Waals surface area (Å²) in [6.07, 6.45) is 0.775. The van der Waals surface area contributed by atoms with Gasteiger partial charge in [-0.05, 0) is 42.8 Å².